The molecule has 5 heteroatoms. The Morgan fingerprint density at radius 1 is 1.11 bits per heavy atom. The zero-order valence-corrected chi connectivity index (χ0v) is 12.6. The summed E-state index contributed by atoms with van der Waals surface area (Å²) in [6.07, 6.45) is 0. The molecule has 0 aromatic rings. The quantitative estimate of drug-likeness (QED) is 0.468. The molecule has 18 heavy (non-hydrogen) atoms. The molecule has 0 saturated carbocycles. The molecule has 0 atom stereocenters. The van der Waals surface area contributed by atoms with Gasteiger partial charge >= 0.3 is 0 Å². The molecule has 0 bridgehead atoms. The Labute approximate surface area is 109 Å². The van der Waals surface area contributed by atoms with Gasteiger partial charge in [0.05, 0.1) is 0 Å². The predicted octanol–water partition coefficient (Wildman–Crippen LogP) is 3.60. The minimum absolute atomic E-state index is 0.109. The maximum absolute atomic E-state index is 11.5. The van der Waals surface area contributed by atoms with Crippen molar-refractivity contribution in [1.29, 1.82) is 0 Å². The van der Waals surface area contributed by atoms with Gasteiger partial charge in [0.25, 0.3) is 10.1 Å². The number of hydrogen-bond donors (Lipinski definition) is 2. The zero-order chi connectivity index (χ0) is 14.9. The molecule has 0 spiro atoms. The highest BCUT2D eigenvalue weighted by Crippen LogP contribution is 2.35. The third-order valence-electron chi connectivity index (χ3n) is 2.61. The highest BCUT2D eigenvalue weighted by molar-refractivity contribution is 7.90. The molecule has 0 rings (SSSR count). The average molecular weight is 274 g/mol. The van der Waals surface area contributed by atoms with Crippen LogP contribution in [-0.2, 0) is 10.1 Å². The summed E-state index contributed by atoms with van der Waals surface area (Å²) in [7, 11) is -4.44. The fourth-order valence-corrected chi connectivity index (χ4v) is 2.50. The first-order chi connectivity index (χ1) is 7.80. The van der Waals surface area contributed by atoms with Crippen LogP contribution in [-0.4, -0.2) is 18.1 Å². The van der Waals surface area contributed by atoms with Crippen molar-refractivity contribution in [2.45, 2.75) is 41.5 Å². The van der Waals surface area contributed by atoms with E-state index in [9.17, 15) is 18.1 Å². The predicted molar refractivity (Wildman–Crippen MR) is 73.8 cm³/mol. The average Bonchev–Trinajstić information content (AvgIpc) is 2.12. The van der Waals surface area contributed by atoms with Crippen LogP contribution in [0.4, 0.5) is 0 Å². The van der Waals surface area contributed by atoms with Gasteiger partial charge < -0.3 is 5.11 Å². The van der Waals surface area contributed by atoms with Crippen LogP contribution >= 0.6 is 0 Å². The fourth-order valence-electron chi connectivity index (χ4n) is 1.40. The third kappa shape index (κ3) is 3.99. The molecule has 4 nitrogen and oxygen atoms in total. The van der Waals surface area contributed by atoms with E-state index in [4.69, 9.17) is 0 Å². The summed E-state index contributed by atoms with van der Waals surface area (Å²) < 4.78 is 32.3. The van der Waals surface area contributed by atoms with Gasteiger partial charge in [-0.2, -0.15) is 8.42 Å². The van der Waals surface area contributed by atoms with Crippen molar-refractivity contribution >= 4 is 10.1 Å². The monoisotopic (exact) mass is 274 g/mol. The van der Waals surface area contributed by atoms with Crippen molar-refractivity contribution in [3.8, 4) is 0 Å². The van der Waals surface area contributed by atoms with Gasteiger partial charge in [0.1, 0.15) is 10.7 Å². The van der Waals surface area contributed by atoms with E-state index >= 15 is 0 Å². The fraction of sp³-hybridized carbons (Fsp3) is 0.538. The second-order valence-electron chi connectivity index (χ2n) is 5.51. The SMILES string of the molecule is C=C(/C(=C(/C)C(O)=C(C)C)S(=O)(=O)O)C(C)(C)C. The van der Waals surface area contributed by atoms with Crippen molar-refractivity contribution in [1.82, 2.24) is 0 Å². The standard InChI is InChI=1S/C13H22O4S/c1-8(2)11(14)9(3)12(18(15,16)17)10(4)13(5,6)7/h14H,4H2,1-3,5-7H3,(H,15,16,17)/b12-9+. The Hall–Kier alpha value is -1.07. The van der Waals surface area contributed by atoms with Gasteiger partial charge in [-0.15, -0.1) is 0 Å². The molecule has 2 N–H and O–H groups in total. The first-order valence-corrected chi connectivity index (χ1v) is 6.99. The molecule has 0 amide bonds. The number of allylic oxidation sites excluding steroid dienone is 3. The van der Waals surface area contributed by atoms with E-state index in [0.717, 1.165) is 0 Å². The van der Waals surface area contributed by atoms with Crippen LogP contribution in [0.5, 0.6) is 0 Å². The second-order valence-corrected chi connectivity index (χ2v) is 6.86. The summed E-state index contributed by atoms with van der Waals surface area (Å²) in [5.74, 6) is -0.145. The van der Waals surface area contributed by atoms with E-state index < -0.39 is 15.5 Å². The smallest absolute Gasteiger partial charge is 0.295 e. The van der Waals surface area contributed by atoms with Crippen LogP contribution in [0, 0.1) is 5.41 Å². The highest BCUT2D eigenvalue weighted by Gasteiger charge is 2.29. The Kier molecular flexibility index (Phi) is 4.97. The molecular weight excluding hydrogens is 252 g/mol. The summed E-state index contributed by atoms with van der Waals surface area (Å²) in [6.45, 7) is 13.8. The third-order valence-corrected chi connectivity index (χ3v) is 3.68. The highest BCUT2D eigenvalue weighted by atomic mass is 32.2. The Balaban J connectivity index is 6.26. The lowest BCUT2D eigenvalue weighted by molar-refractivity contribution is 0.414. The van der Waals surface area contributed by atoms with Gasteiger partial charge in [-0.1, -0.05) is 27.4 Å². The topological polar surface area (TPSA) is 74.6 Å². The van der Waals surface area contributed by atoms with Crippen molar-refractivity contribution in [2.75, 3.05) is 0 Å². The van der Waals surface area contributed by atoms with Gasteiger partial charge in [0, 0.05) is 5.57 Å². The number of hydrogen-bond acceptors (Lipinski definition) is 3. The van der Waals surface area contributed by atoms with Crippen LogP contribution in [0.15, 0.2) is 34.0 Å². The number of rotatable bonds is 3. The van der Waals surface area contributed by atoms with E-state index in [1.54, 1.807) is 34.6 Å². The molecule has 0 saturated heterocycles. The molecule has 104 valence electrons. The lowest BCUT2D eigenvalue weighted by Gasteiger charge is -2.24. The lowest BCUT2D eigenvalue weighted by Crippen LogP contribution is -2.18. The van der Waals surface area contributed by atoms with Crippen LogP contribution in [0.3, 0.4) is 0 Å². The number of aliphatic hydroxyl groups excluding tert-OH is 1. The summed E-state index contributed by atoms with van der Waals surface area (Å²) in [5, 5.41) is 9.85. The summed E-state index contributed by atoms with van der Waals surface area (Å²) in [5.41, 5.74) is 0.400. The summed E-state index contributed by atoms with van der Waals surface area (Å²) >= 11 is 0. The van der Waals surface area contributed by atoms with Gasteiger partial charge in [-0.25, -0.2) is 0 Å². The summed E-state index contributed by atoms with van der Waals surface area (Å²) in [6, 6.07) is 0. The van der Waals surface area contributed by atoms with Crippen molar-refractivity contribution in [3.63, 3.8) is 0 Å². The second kappa shape index (κ2) is 5.28. The first kappa shape index (κ1) is 16.9. The van der Waals surface area contributed by atoms with E-state index in [0.29, 0.717) is 5.57 Å². The van der Waals surface area contributed by atoms with Crippen LogP contribution in [0.1, 0.15) is 41.5 Å². The Morgan fingerprint density at radius 3 is 1.72 bits per heavy atom. The van der Waals surface area contributed by atoms with Gasteiger partial charge in [0.2, 0.25) is 0 Å². The largest absolute Gasteiger partial charge is 0.508 e. The molecule has 0 radical (unpaired) electrons. The molecule has 0 aromatic carbocycles. The van der Waals surface area contributed by atoms with E-state index in [-0.39, 0.29) is 21.8 Å². The van der Waals surface area contributed by atoms with Crippen molar-refractivity contribution in [3.05, 3.63) is 34.0 Å². The molecule has 0 heterocycles. The first-order valence-electron chi connectivity index (χ1n) is 5.55. The van der Waals surface area contributed by atoms with Gasteiger partial charge in [-0.3, -0.25) is 4.55 Å². The van der Waals surface area contributed by atoms with Gasteiger partial charge in [0.15, 0.2) is 0 Å². The maximum atomic E-state index is 11.5. The normalized spacial score (nSPS) is 13.9. The molecule has 0 unspecified atom stereocenters. The van der Waals surface area contributed by atoms with Crippen LogP contribution in [0.25, 0.3) is 0 Å². The molecular formula is C13H22O4S. The zero-order valence-electron chi connectivity index (χ0n) is 11.8. The maximum Gasteiger partial charge on any atom is 0.295 e. The Morgan fingerprint density at radius 2 is 1.50 bits per heavy atom. The van der Waals surface area contributed by atoms with Gasteiger partial charge in [-0.05, 0) is 37.3 Å². The molecule has 0 aliphatic heterocycles. The van der Waals surface area contributed by atoms with E-state index in [1.807, 2.05) is 0 Å². The van der Waals surface area contributed by atoms with Crippen molar-refractivity contribution in [2.24, 2.45) is 5.41 Å². The van der Waals surface area contributed by atoms with Crippen LogP contribution in [0.2, 0.25) is 0 Å². The lowest BCUT2D eigenvalue weighted by atomic mass is 9.86. The minimum atomic E-state index is -4.44. The molecule has 0 aliphatic carbocycles. The summed E-state index contributed by atoms with van der Waals surface area (Å²) in [4.78, 5) is -0.311. The molecule has 0 aromatic heterocycles. The minimum Gasteiger partial charge on any atom is -0.508 e. The number of aliphatic hydroxyl groups is 1. The van der Waals surface area contributed by atoms with Crippen LogP contribution < -0.4 is 0 Å². The Bertz CT molecular complexity index is 510. The molecule has 0 aliphatic rings. The van der Waals surface area contributed by atoms with E-state index in [2.05, 4.69) is 6.58 Å². The van der Waals surface area contributed by atoms with E-state index in [1.165, 1.54) is 6.92 Å². The molecule has 0 fully saturated rings. The van der Waals surface area contributed by atoms with Crippen molar-refractivity contribution < 1.29 is 18.1 Å².